The van der Waals surface area contributed by atoms with Crippen molar-refractivity contribution in [3.8, 4) is 11.7 Å². The van der Waals surface area contributed by atoms with E-state index in [2.05, 4.69) is 31.9 Å². The molecule has 0 aliphatic heterocycles. The van der Waals surface area contributed by atoms with E-state index < -0.39 is 11.7 Å². The molecule has 2 heterocycles. The third kappa shape index (κ3) is 4.49. The average molecular weight is 442 g/mol. The summed E-state index contributed by atoms with van der Waals surface area (Å²) in [6, 6.07) is 13.8. The first-order chi connectivity index (χ1) is 16.0. The van der Waals surface area contributed by atoms with Crippen molar-refractivity contribution in [1.29, 1.82) is 5.41 Å². The van der Waals surface area contributed by atoms with E-state index in [0.29, 0.717) is 17.1 Å². The molecule has 4 aromatic rings. The van der Waals surface area contributed by atoms with Crippen molar-refractivity contribution >= 4 is 17.6 Å². The van der Waals surface area contributed by atoms with Gasteiger partial charge in [0, 0.05) is 29.2 Å². The SMILES string of the molecule is C=Cc1cc(C(Nc2ccc(C(=N)N)cc2)c2nn(-c3ncccn3)c(=O)[nH]2)ccc1OC. The molecule has 4 rings (SSSR count). The van der Waals surface area contributed by atoms with Crippen LogP contribution in [0.3, 0.4) is 0 Å². The highest BCUT2D eigenvalue weighted by atomic mass is 16.5. The summed E-state index contributed by atoms with van der Waals surface area (Å²) in [4.78, 5) is 23.6. The lowest BCUT2D eigenvalue weighted by atomic mass is 10.0. The molecule has 0 saturated carbocycles. The molecule has 33 heavy (non-hydrogen) atoms. The lowest BCUT2D eigenvalue weighted by Crippen LogP contribution is -2.18. The fourth-order valence-electron chi connectivity index (χ4n) is 3.32. The number of nitrogens with zero attached hydrogens (tertiary/aromatic N) is 4. The van der Waals surface area contributed by atoms with E-state index >= 15 is 0 Å². The number of hydrogen-bond donors (Lipinski definition) is 4. The van der Waals surface area contributed by atoms with Gasteiger partial charge in [-0.3, -0.25) is 10.4 Å². The number of benzene rings is 2. The minimum atomic E-state index is -0.532. The highest BCUT2D eigenvalue weighted by Crippen LogP contribution is 2.29. The number of nitrogens with two attached hydrogens (primary N) is 1. The summed E-state index contributed by atoms with van der Waals surface area (Å²) >= 11 is 0. The van der Waals surface area contributed by atoms with E-state index in [4.69, 9.17) is 15.9 Å². The molecule has 0 spiro atoms. The Labute approximate surface area is 189 Å². The van der Waals surface area contributed by atoms with Gasteiger partial charge in [0.2, 0.25) is 0 Å². The summed E-state index contributed by atoms with van der Waals surface area (Å²) in [7, 11) is 1.59. The normalized spacial score (nSPS) is 11.5. The fraction of sp³-hybridized carbons (Fsp3) is 0.0870. The number of hydrogen-bond acceptors (Lipinski definition) is 7. The second-order valence-corrected chi connectivity index (χ2v) is 7.05. The van der Waals surface area contributed by atoms with E-state index in [1.807, 2.05) is 18.2 Å². The van der Waals surface area contributed by atoms with E-state index in [-0.39, 0.29) is 11.8 Å². The number of H-pyrrole nitrogens is 1. The van der Waals surface area contributed by atoms with Crippen molar-refractivity contribution in [3.05, 3.63) is 101 Å². The van der Waals surface area contributed by atoms with Gasteiger partial charge in [-0.05, 0) is 48.0 Å². The standard InChI is InChI=1S/C23H22N8O2/c1-3-14-13-16(7-10-18(14)33-2)19(28-17-8-5-15(6-9-17)20(24)25)21-29-23(32)31(30-21)22-26-11-4-12-27-22/h3-13,19,28H,1H2,2H3,(H3,24,25)(H,29,30,32). The average Bonchev–Trinajstić information content (AvgIpc) is 3.24. The Morgan fingerprint density at radius 1 is 1.24 bits per heavy atom. The molecular formula is C23H22N8O2. The third-order valence-electron chi connectivity index (χ3n) is 4.96. The summed E-state index contributed by atoms with van der Waals surface area (Å²) in [5.41, 5.74) is 8.05. The van der Waals surface area contributed by atoms with Crippen LogP contribution in [0.2, 0.25) is 0 Å². The number of ether oxygens (including phenoxy) is 1. The molecule has 0 amide bonds. The van der Waals surface area contributed by atoms with Crippen molar-refractivity contribution < 1.29 is 4.74 Å². The number of nitrogen functional groups attached to an aromatic ring is 1. The Bertz CT molecular complexity index is 1340. The van der Waals surface area contributed by atoms with Crippen LogP contribution in [0.5, 0.6) is 5.75 Å². The molecule has 2 aromatic heterocycles. The summed E-state index contributed by atoms with van der Waals surface area (Å²) in [6.45, 7) is 3.85. The molecule has 0 aliphatic rings. The second-order valence-electron chi connectivity index (χ2n) is 7.05. The molecule has 1 atom stereocenters. The lowest BCUT2D eigenvalue weighted by Gasteiger charge is -2.19. The maximum absolute atomic E-state index is 12.6. The van der Waals surface area contributed by atoms with Gasteiger partial charge in [0.05, 0.1) is 7.11 Å². The molecule has 2 aromatic carbocycles. The Balaban J connectivity index is 1.79. The van der Waals surface area contributed by atoms with Crippen LogP contribution in [0, 0.1) is 5.41 Å². The highest BCUT2D eigenvalue weighted by Gasteiger charge is 2.22. The molecule has 10 nitrogen and oxygen atoms in total. The van der Waals surface area contributed by atoms with Gasteiger partial charge in [0.15, 0.2) is 5.82 Å². The first-order valence-electron chi connectivity index (χ1n) is 9.98. The fourth-order valence-corrected chi connectivity index (χ4v) is 3.32. The number of amidine groups is 1. The van der Waals surface area contributed by atoms with Crippen molar-refractivity contribution in [2.75, 3.05) is 12.4 Å². The van der Waals surface area contributed by atoms with Crippen LogP contribution in [-0.2, 0) is 0 Å². The maximum Gasteiger partial charge on any atom is 0.350 e. The van der Waals surface area contributed by atoms with E-state index in [0.717, 1.165) is 21.5 Å². The Kier molecular flexibility index (Phi) is 5.98. The van der Waals surface area contributed by atoms with E-state index in [1.54, 1.807) is 43.5 Å². The molecule has 0 radical (unpaired) electrons. The number of aromatic amines is 1. The second kappa shape index (κ2) is 9.18. The molecule has 166 valence electrons. The quantitative estimate of drug-likeness (QED) is 0.242. The molecule has 0 saturated heterocycles. The number of rotatable bonds is 8. The first-order valence-corrected chi connectivity index (χ1v) is 9.98. The number of anilines is 1. The van der Waals surface area contributed by atoms with Crippen LogP contribution < -0.4 is 21.5 Å². The predicted octanol–water partition coefficient (Wildman–Crippen LogP) is 2.49. The van der Waals surface area contributed by atoms with Crippen molar-refractivity contribution in [3.63, 3.8) is 0 Å². The van der Waals surface area contributed by atoms with Gasteiger partial charge >= 0.3 is 5.69 Å². The van der Waals surface area contributed by atoms with Crippen molar-refractivity contribution in [2.45, 2.75) is 6.04 Å². The number of methoxy groups -OCH3 is 1. The van der Waals surface area contributed by atoms with Gasteiger partial charge in [-0.15, -0.1) is 9.78 Å². The minimum absolute atomic E-state index is 0.0187. The Morgan fingerprint density at radius 3 is 2.61 bits per heavy atom. The molecule has 1 unspecified atom stereocenters. The summed E-state index contributed by atoms with van der Waals surface area (Å²) in [5.74, 6) is 1.18. The number of aromatic nitrogens is 5. The first kappa shape index (κ1) is 21.5. The number of nitrogens with one attached hydrogen (secondary N) is 3. The predicted molar refractivity (Wildman–Crippen MR) is 126 cm³/mol. The van der Waals surface area contributed by atoms with Crippen LogP contribution >= 0.6 is 0 Å². The van der Waals surface area contributed by atoms with Crippen LogP contribution in [-0.4, -0.2) is 37.7 Å². The molecule has 10 heteroatoms. The smallest absolute Gasteiger partial charge is 0.350 e. The van der Waals surface area contributed by atoms with Gasteiger partial charge < -0.3 is 15.8 Å². The molecule has 0 fully saturated rings. The zero-order chi connectivity index (χ0) is 23.4. The monoisotopic (exact) mass is 442 g/mol. The lowest BCUT2D eigenvalue weighted by molar-refractivity contribution is 0.413. The summed E-state index contributed by atoms with van der Waals surface area (Å²) in [5, 5.41) is 15.4. The van der Waals surface area contributed by atoms with Gasteiger partial charge in [-0.25, -0.2) is 14.8 Å². The topological polar surface area (TPSA) is 148 Å². The van der Waals surface area contributed by atoms with Crippen LogP contribution in [0.25, 0.3) is 12.0 Å². The van der Waals surface area contributed by atoms with Crippen LogP contribution in [0.1, 0.15) is 28.6 Å². The Hall–Kier alpha value is -4.73. The maximum atomic E-state index is 12.6. The highest BCUT2D eigenvalue weighted by molar-refractivity contribution is 5.95. The zero-order valence-corrected chi connectivity index (χ0v) is 17.8. The van der Waals surface area contributed by atoms with Crippen molar-refractivity contribution in [2.24, 2.45) is 5.73 Å². The van der Waals surface area contributed by atoms with Crippen LogP contribution in [0.4, 0.5) is 5.69 Å². The summed E-state index contributed by atoms with van der Waals surface area (Å²) < 4.78 is 6.51. The van der Waals surface area contributed by atoms with E-state index in [9.17, 15) is 4.79 Å². The van der Waals surface area contributed by atoms with E-state index in [1.165, 1.54) is 12.4 Å². The molecule has 0 aliphatic carbocycles. The molecular weight excluding hydrogens is 420 g/mol. The summed E-state index contributed by atoms with van der Waals surface area (Å²) in [6.07, 6.45) is 4.77. The van der Waals surface area contributed by atoms with Crippen molar-refractivity contribution in [1.82, 2.24) is 24.7 Å². The van der Waals surface area contributed by atoms with Gasteiger partial charge in [0.1, 0.15) is 17.6 Å². The molecule has 0 bridgehead atoms. The van der Waals surface area contributed by atoms with Gasteiger partial charge in [-0.1, -0.05) is 18.7 Å². The van der Waals surface area contributed by atoms with Crippen LogP contribution in [0.15, 0.2) is 72.3 Å². The van der Waals surface area contributed by atoms with Gasteiger partial charge in [-0.2, -0.15) is 0 Å². The largest absolute Gasteiger partial charge is 0.496 e. The molecule has 5 N–H and O–H groups in total. The Morgan fingerprint density at radius 2 is 1.97 bits per heavy atom. The third-order valence-corrected chi connectivity index (χ3v) is 4.96. The van der Waals surface area contributed by atoms with Gasteiger partial charge in [0.25, 0.3) is 5.95 Å². The zero-order valence-electron chi connectivity index (χ0n) is 17.8. The minimum Gasteiger partial charge on any atom is -0.496 e.